The van der Waals surface area contributed by atoms with Gasteiger partial charge in [0.2, 0.25) is 5.91 Å². The molecular formula is C29H29F3N2O4. The van der Waals surface area contributed by atoms with Gasteiger partial charge < -0.3 is 19.7 Å². The summed E-state index contributed by atoms with van der Waals surface area (Å²) in [4.78, 5) is 28.1. The number of aryl methyl sites for hydroxylation is 2. The van der Waals surface area contributed by atoms with Gasteiger partial charge in [0.05, 0.1) is 18.6 Å². The number of nitrogens with one attached hydrogen (secondary N) is 1. The van der Waals surface area contributed by atoms with E-state index in [2.05, 4.69) is 10.1 Å². The van der Waals surface area contributed by atoms with Crippen LogP contribution in [0.1, 0.15) is 54.6 Å². The molecule has 200 valence electrons. The number of amides is 2. The normalized spacial score (nSPS) is 16.2. The molecule has 0 aromatic heterocycles. The number of anilines is 1. The van der Waals surface area contributed by atoms with Gasteiger partial charge in [-0.2, -0.15) is 0 Å². The number of benzene rings is 3. The lowest BCUT2D eigenvalue weighted by Crippen LogP contribution is -2.51. The van der Waals surface area contributed by atoms with Crippen LogP contribution in [0.15, 0.2) is 66.7 Å². The van der Waals surface area contributed by atoms with Gasteiger partial charge in [-0.15, -0.1) is 13.2 Å². The average molecular weight is 527 g/mol. The van der Waals surface area contributed by atoms with E-state index in [1.807, 2.05) is 58.0 Å². The van der Waals surface area contributed by atoms with Gasteiger partial charge in [0.15, 0.2) is 0 Å². The molecule has 1 aliphatic rings. The summed E-state index contributed by atoms with van der Waals surface area (Å²) in [6.45, 7) is 7.51. The molecule has 0 bridgehead atoms. The van der Waals surface area contributed by atoms with Crippen molar-refractivity contribution in [2.75, 3.05) is 5.32 Å². The summed E-state index contributed by atoms with van der Waals surface area (Å²) < 4.78 is 48.6. The van der Waals surface area contributed by atoms with Gasteiger partial charge in [-0.25, -0.2) is 0 Å². The number of hydrogen-bond acceptors (Lipinski definition) is 4. The van der Waals surface area contributed by atoms with Crippen LogP contribution >= 0.6 is 0 Å². The molecule has 0 spiro atoms. The van der Waals surface area contributed by atoms with Gasteiger partial charge in [-0.1, -0.05) is 42.5 Å². The molecule has 3 aromatic carbocycles. The summed E-state index contributed by atoms with van der Waals surface area (Å²) in [5.41, 5.74) is 3.21. The van der Waals surface area contributed by atoms with E-state index >= 15 is 0 Å². The van der Waals surface area contributed by atoms with Crippen molar-refractivity contribution >= 4 is 17.5 Å². The van der Waals surface area contributed by atoms with Crippen LogP contribution in [0, 0.1) is 13.8 Å². The predicted octanol–water partition coefficient (Wildman–Crippen LogP) is 6.64. The maximum atomic E-state index is 13.8. The first-order valence-electron chi connectivity index (χ1n) is 12.2. The highest BCUT2D eigenvalue weighted by Gasteiger charge is 2.45. The van der Waals surface area contributed by atoms with Crippen LogP contribution in [0.2, 0.25) is 0 Å². The van der Waals surface area contributed by atoms with Crippen molar-refractivity contribution < 1.29 is 32.2 Å². The topological polar surface area (TPSA) is 67.9 Å². The van der Waals surface area contributed by atoms with Crippen LogP contribution in [0.5, 0.6) is 11.5 Å². The molecule has 1 N–H and O–H groups in total. The first-order chi connectivity index (χ1) is 17.9. The summed E-state index contributed by atoms with van der Waals surface area (Å²) >= 11 is 0. The number of hydrogen-bond donors (Lipinski definition) is 1. The molecule has 0 saturated carbocycles. The zero-order valence-electron chi connectivity index (χ0n) is 21.5. The van der Waals surface area contributed by atoms with Gasteiger partial charge in [0.25, 0.3) is 5.91 Å². The number of carbonyl (C=O) groups is 2. The number of β-lactam (4-membered cyclic amide) rings is 1. The molecule has 0 radical (unpaired) electrons. The van der Waals surface area contributed by atoms with E-state index in [-0.39, 0.29) is 24.0 Å². The van der Waals surface area contributed by atoms with Crippen LogP contribution in [-0.2, 0) is 9.59 Å². The van der Waals surface area contributed by atoms with Crippen molar-refractivity contribution in [1.82, 2.24) is 4.90 Å². The maximum Gasteiger partial charge on any atom is 0.573 e. The fourth-order valence-electron chi connectivity index (χ4n) is 4.60. The molecule has 1 heterocycles. The van der Waals surface area contributed by atoms with E-state index in [4.69, 9.17) is 4.74 Å². The van der Waals surface area contributed by atoms with Crippen LogP contribution in [-0.4, -0.2) is 29.2 Å². The lowest BCUT2D eigenvalue weighted by atomic mass is 9.89. The monoisotopic (exact) mass is 526 g/mol. The van der Waals surface area contributed by atoms with Crippen molar-refractivity contribution in [3.63, 3.8) is 0 Å². The number of rotatable bonds is 8. The molecule has 1 fully saturated rings. The standard InChI is InChI=1S/C29H29F3N2O4/c1-17(2)37-22-13-11-20(12-14-22)24-16-25(35)34(24)27(21-9-6-10-23(15-21)38-29(30,31)32)28(36)33-26-18(3)7-5-8-19(26)4/h5-15,17,24,27H,16H2,1-4H3,(H,33,36). The number of nitrogens with zero attached hydrogens (tertiary/aromatic N) is 1. The Hall–Kier alpha value is -4.01. The lowest BCUT2D eigenvalue weighted by molar-refractivity contribution is -0.274. The van der Waals surface area contributed by atoms with Crippen LogP contribution in [0.3, 0.4) is 0 Å². The van der Waals surface area contributed by atoms with Gasteiger partial charge in [0, 0.05) is 5.69 Å². The Kier molecular flexibility index (Phi) is 7.66. The predicted molar refractivity (Wildman–Crippen MR) is 137 cm³/mol. The second-order valence-corrected chi connectivity index (χ2v) is 9.54. The van der Waals surface area contributed by atoms with Gasteiger partial charge in [0.1, 0.15) is 17.5 Å². The Bertz CT molecular complexity index is 1300. The quantitative estimate of drug-likeness (QED) is 0.334. The summed E-state index contributed by atoms with van der Waals surface area (Å²) in [5, 5.41) is 2.90. The highest BCUT2D eigenvalue weighted by atomic mass is 19.4. The Morgan fingerprint density at radius 2 is 1.61 bits per heavy atom. The minimum absolute atomic E-state index is 0.00759. The summed E-state index contributed by atoms with van der Waals surface area (Å²) in [6, 6.07) is 16.3. The first kappa shape index (κ1) is 27.0. The van der Waals surface area contributed by atoms with Crippen molar-refractivity contribution in [1.29, 1.82) is 0 Å². The van der Waals surface area contributed by atoms with Crippen molar-refractivity contribution in [3.05, 3.63) is 89.0 Å². The zero-order chi connectivity index (χ0) is 27.6. The van der Waals surface area contributed by atoms with E-state index in [0.29, 0.717) is 11.4 Å². The van der Waals surface area contributed by atoms with E-state index in [1.165, 1.54) is 17.0 Å². The third-order valence-corrected chi connectivity index (χ3v) is 6.29. The van der Waals surface area contributed by atoms with Crippen molar-refractivity contribution in [2.24, 2.45) is 0 Å². The third-order valence-electron chi connectivity index (χ3n) is 6.29. The Morgan fingerprint density at radius 3 is 2.18 bits per heavy atom. The van der Waals surface area contributed by atoms with E-state index in [0.717, 1.165) is 28.8 Å². The molecule has 2 unspecified atom stereocenters. The maximum absolute atomic E-state index is 13.8. The third kappa shape index (κ3) is 6.10. The molecule has 3 aromatic rings. The van der Waals surface area contributed by atoms with Crippen LogP contribution < -0.4 is 14.8 Å². The molecule has 38 heavy (non-hydrogen) atoms. The number of carbonyl (C=O) groups excluding carboxylic acids is 2. The van der Waals surface area contributed by atoms with Crippen molar-refractivity contribution in [2.45, 2.75) is 58.7 Å². The number of halogens is 3. The van der Waals surface area contributed by atoms with Crippen LogP contribution in [0.4, 0.5) is 18.9 Å². The Labute approximate surface area is 219 Å². The smallest absolute Gasteiger partial charge is 0.491 e. The van der Waals surface area contributed by atoms with Crippen molar-refractivity contribution in [3.8, 4) is 11.5 Å². The molecule has 1 aliphatic heterocycles. The highest BCUT2D eigenvalue weighted by Crippen LogP contribution is 2.43. The highest BCUT2D eigenvalue weighted by molar-refractivity contribution is 6.00. The molecule has 1 saturated heterocycles. The molecule has 2 amide bonds. The second kappa shape index (κ2) is 10.8. The Balaban J connectivity index is 1.71. The summed E-state index contributed by atoms with van der Waals surface area (Å²) in [7, 11) is 0. The fourth-order valence-corrected chi connectivity index (χ4v) is 4.60. The SMILES string of the molecule is Cc1cccc(C)c1NC(=O)C(c1cccc(OC(F)(F)F)c1)N1C(=O)CC1c1ccc(OC(C)C)cc1. The number of likely N-dealkylation sites (tertiary alicyclic amines) is 1. The minimum Gasteiger partial charge on any atom is -0.491 e. The summed E-state index contributed by atoms with van der Waals surface area (Å²) in [6.07, 6.45) is -4.74. The fraction of sp³-hybridized carbons (Fsp3) is 0.310. The van der Waals surface area contributed by atoms with Gasteiger partial charge >= 0.3 is 6.36 Å². The molecule has 2 atom stereocenters. The molecular weight excluding hydrogens is 497 g/mol. The first-order valence-corrected chi connectivity index (χ1v) is 12.2. The largest absolute Gasteiger partial charge is 0.573 e. The number of ether oxygens (including phenoxy) is 2. The van der Waals surface area contributed by atoms with Gasteiger partial charge in [-0.05, 0) is 74.2 Å². The average Bonchev–Trinajstić information content (AvgIpc) is 2.82. The summed E-state index contributed by atoms with van der Waals surface area (Å²) in [5.74, 6) is -0.632. The molecule has 4 rings (SSSR count). The van der Waals surface area contributed by atoms with E-state index in [1.54, 1.807) is 12.1 Å². The minimum atomic E-state index is -4.90. The number of alkyl halides is 3. The zero-order valence-corrected chi connectivity index (χ0v) is 21.5. The van der Waals surface area contributed by atoms with Gasteiger partial charge in [-0.3, -0.25) is 9.59 Å². The van der Waals surface area contributed by atoms with Crippen LogP contribution in [0.25, 0.3) is 0 Å². The second-order valence-electron chi connectivity index (χ2n) is 9.54. The Morgan fingerprint density at radius 1 is 0.974 bits per heavy atom. The van der Waals surface area contributed by atoms with E-state index in [9.17, 15) is 22.8 Å². The molecule has 6 nitrogen and oxygen atoms in total. The molecule has 9 heteroatoms. The lowest BCUT2D eigenvalue weighted by Gasteiger charge is -2.45. The number of para-hydroxylation sites is 1. The van der Waals surface area contributed by atoms with E-state index < -0.39 is 30.1 Å². The molecule has 0 aliphatic carbocycles.